The van der Waals surface area contributed by atoms with Crippen molar-refractivity contribution in [1.82, 2.24) is 0 Å². The maximum atomic E-state index is 13.6. The van der Waals surface area contributed by atoms with Crippen molar-refractivity contribution in [2.24, 2.45) is 0 Å². The van der Waals surface area contributed by atoms with Crippen molar-refractivity contribution in [1.29, 1.82) is 0 Å². The van der Waals surface area contributed by atoms with Gasteiger partial charge < -0.3 is 9.84 Å². The minimum atomic E-state index is -0.501. The van der Waals surface area contributed by atoms with Gasteiger partial charge in [0.2, 0.25) is 0 Å². The van der Waals surface area contributed by atoms with Crippen LogP contribution < -0.4 is 4.74 Å². The van der Waals surface area contributed by atoms with Crippen LogP contribution in [0.15, 0.2) is 36.4 Å². The van der Waals surface area contributed by atoms with E-state index in [0.29, 0.717) is 5.56 Å². The third kappa shape index (κ3) is 3.94. The Labute approximate surface area is 125 Å². The molecule has 0 aliphatic heterocycles. The second-order valence-corrected chi connectivity index (χ2v) is 4.50. The Morgan fingerprint density at radius 2 is 2.00 bits per heavy atom. The zero-order valence-electron chi connectivity index (χ0n) is 10.9. The molecule has 0 saturated carbocycles. The second-order valence-electron chi connectivity index (χ2n) is 4.09. The van der Waals surface area contributed by atoms with Crippen LogP contribution in [0.25, 0.3) is 0 Å². The van der Waals surface area contributed by atoms with Crippen LogP contribution in [-0.4, -0.2) is 11.7 Å². The molecule has 0 spiro atoms. The molecule has 0 radical (unpaired) electrons. The van der Waals surface area contributed by atoms with Crippen molar-refractivity contribution in [3.8, 4) is 17.6 Å². The zero-order valence-corrected chi connectivity index (χ0v) is 11.6. The number of halogens is 3. The summed E-state index contributed by atoms with van der Waals surface area (Å²) in [5, 5.41) is 8.93. The van der Waals surface area contributed by atoms with Crippen molar-refractivity contribution >= 4 is 11.6 Å². The fourth-order valence-corrected chi connectivity index (χ4v) is 1.89. The maximum absolute atomic E-state index is 13.6. The molecule has 108 valence electrons. The summed E-state index contributed by atoms with van der Waals surface area (Å²) in [4.78, 5) is 0. The van der Waals surface area contributed by atoms with E-state index < -0.39 is 11.6 Å². The van der Waals surface area contributed by atoms with E-state index in [1.807, 2.05) is 0 Å². The van der Waals surface area contributed by atoms with Gasteiger partial charge in [0.1, 0.15) is 30.6 Å². The van der Waals surface area contributed by atoms with Crippen molar-refractivity contribution < 1.29 is 18.6 Å². The Morgan fingerprint density at radius 3 is 2.71 bits per heavy atom. The first-order valence-electron chi connectivity index (χ1n) is 6.07. The number of benzene rings is 2. The fraction of sp³-hybridized carbons (Fsp3) is 0.125. The van der Waals surface area contributed by atoms with E-state index in [0.717, 1.165) is 6.07 Å². The Kier molecular flexibility index (Phi) is 5.15. The largest absolute Gasteiger partial charge is 0.487 e. The highest BCUT2D eigenvalue weighted by Gasteiger charge is 2.10. The summed E-state index contributed by atoms with van der Waals surface area (Å²) in [7, 11) is 0. The third-order valence-corrected chi connectivity index (χ3v) is 3.03. The first-order chi connectivity index (χ1) is 10.1. The molecule has 21 heavy (non-hydrogen) atoms. The summed E-state index contributed by atoms with van der Waals surface area (Å²) in [6.07, 6.45) is 0. The zero-order chi connectivity index (χ0) is 15.2. The number of aliphatic hydroxyl groups excluding tert-OH is 1. The predicted molar refractivity (Wildman–Crippen MR) is 76.1 cm³/mol. The molecule has 0 heterocycles. The molecule has 2 aromatic carbocycles. The Balaban J connectivity index is 2.25. The van der Waals surface area contributed by atoms with E-state index in [9.17, 15) is 8.78 Å². The van der Waals surface area contributed by atoms with Crippen molar-refractivity contribution in [3.05, 3.63) is 64.2 Å². The Bertz CT molecular complexity index is 685. The molecule has 5 heteroatoms. The Morgan fingerprint density at radius 1 is 1.19 bits per heavy atom. The van der Waals surface area contributed by atoms with Crippen LogP contribution in [0.1, 0.15) is 11.1 Å². The molecule has 0 fully saturated rings. The Hall–Kier alpha value is -2.09. The van der Waals surface area contributed by atoms with Crippen molar-refractivity contribution in [2.75, 3.05) is 6.61 Å². The van der Waals surface area contributed by atoms with Crippen molar-refractivity contribution in [2.45, 2.75) is 6.61 Å². The lowest BCUT2D eigenvalue weighted by Crippen LogP contribution is -2.01. The molecule has 0 amide bonds. The van der Waals surface area contributed by atoms with Gasteiger partial charge in [-0.05, 0) is 24.3 Å². The summed E-state index contributed by atoms with van der Waals surface area (Å²) in [5.41, 5.74) is 0.586. The molecule has 0 saturated heterocycles. The number of ether oxygens (including phenoxy) is 1. The SMILES string of the molecule is OCC#Cc1ccc(F)cc1OCc1c(F)cccc1Cl. The summed E-state index contributed by atoms with van der Waals surface area (Å²) < 4.78 is 32.3. The molecule has 0 bridgehead atoms. The standard InChI is InChI=1S/C16H11ClF2O2/c17-14-4-1-5-15(19)13(14)10-21-16-9-12(18)7-6-11(16)3-2-8-20/h1,4-7,9,20H,8,10H2. The lowest BCUT2D eigenvalue weighted by Gasteiger charge is -2.10. The molecule has 2 nitrogen and oxygen atoms in total. The first-order valence-corrected chi connectivity index (χ1v) is 6.44. The molecule has 0 aliphatic rings. The van der Waals surface area contributed by atoms with Gasteiger partial charge in [0.05, 0.1) is 10.6 Å². The van der Waals surface area contributed by atoms with Gasteiger partial charge in [-0.25, -0.2) is 8.78 Å². The maximum Gasteiger partial charge on any atom is 0.138 e. The lowest BCUT2D eigenvalue weighted by molar-refractivity contribution is 0.297. The van der Waals surface area contributed by atoms with Gasteiger partial charge in [-0.1, -0.05) is 29.5 Å². The van der Waals surface area contributed by atoms with Gasteiger partial charge >= 0.3 is 0 Å². The van der Waals surface area contributed by atoms with Gasteiger partial charge in [0.25, 0.3) is 0 Å². The van der Waals surface area contributed by atoms with Gasteiger partial charge in [-0.15, -0.1) is 0 Å². The summed E-state index contributed by atoms with van der Waals surface area (Å²) in [5.74, 6) is 4.25. The van der Waals surface area contributed by atoms with Crippen LogP contribution in [0.2, 0.25) is 5.02 Å². The van der Waals surface area contributed by atoms with E-state index in [4.69, 9.17) is 21.4 Å². The monoisotopic (exact) mass is 308 g/mol. The molecule has 2 aromatic rings. The van der Waals surface area contributed by atoms with E-state index in [-0.39, 0.29) is 29.5 Å². The highest BCUT2D eigenvalue weighted by Crippen LogP contribution is 2.24. The first kappa shape index (κ1) is 15.3. The molecule has 0 aliphatic carbocycles. The highest BCUT2D eigenvalue weighted by atomic mass is 35.5. The minimum Gasteiger partial charge on any atom is -0.487 e. The summed E-state index contributed by atoms with van der Waals surface area (Å²) in [6.45, 7) is -0.473. The smallest absolute Gasteiger partial charge is 0.138 e. The normalized spacial score (nSPS) is 9.90. The average Bonchev–Trinajstić information content (AvgIpc) is 2.46. The third-order valence-electron chi connectivity index (χ3n) is 2.68. The van der Waals surface area contributed by atoms with E-state index in [1.165, 1.54) is 24.3 Å². The molecule has 2 rings (SSSR count). The molecule has 0 unspecified atom stereocenters. The van der Waals surface area contributed by atoms with Crippen LogP contribution in [0.5, 0.6) is 5.75 Å². The number of aliphatic hydroxyl groups is 1. The molecule has 0 atom stereocenters. The highest BCUT2D eigenvalue weighted by molar-refractivity contribution is 6.31. The van der Waals surface area contributed by atoms with Gasteiger partial charge in [-0.3, -0.25) is 0 Å². The van der Waals surface area contributed by atoms with E-state index in [1.54, 1.807) is 6.07 Å². The number of rotatable bonds is 3. The van der Waals surface area contributed by atoms with Gasteiger partial charge in [0, 0.05) is 11.6 Å². The molecular formula is C16H11ClF2O2. The summed E-state index contributed by atoms with van der Waals surface area (Å²) >= 11 is 5.90. The van der Waals surface area contributed by atoms with E-state index >= 15 is 0 Å². The molecule has 1 N–H and O–H groups in total. The summed E-state index contributed by atoms with van der Waals surface area (Å²) in [6, 6.07) is 8.10. The lowest BCUT2D eigenvalue weighted by atomic mass is 10.2. The second kappa shape index (κ2) is 7.07. The van der Waals surface area contributed by atoms with E-state index in [2.05, 4.69) is 11.8 Å². The van der Waals surface area contributed by atoms with Crippen LogP contribution in [0, 0.1) is 23.5 Å². The van der Waals surface area contributed by atoms with Gasteiger partial charge in [0.15, 0.2) is 0 Å². The number of hydrogen-bond acceptors (Lipinski definition) is 2. The molecule has 0 aromatic heterocycles. The topological polar surface area (TPSA) is 29.5 Å². The fourth-order valence-electron chi connectivity index (χ4n) is 1.67. The number of hydrogen-bond donors (Lipinski definition) is 1. The van der Waals surface area contributed by atoms with Crippen LogP contribution in [0.4, 0.5) is 8.78 Å². The van der Waals surface area contributed by atoms with Crippen LogP contribution in [0.3, 0.4) is 0 Å². The minimum absolute atomic E-state index is 0.150. The van der Waals surface area contributed by atoms with Crippen LogP contribution in [-0.2, 0) is 6.61 Å². The van der Waals surface area contributed by atoms with Crippen molar-refractivity contribution in [3.63, 3.8) is 0 Å². The average molecular weight is 309 g/mol. The quantitative estimate of drug-likeness (QED) is 0.879. The predicted octanol–water partition coefficient (Wildman–Crippen LogP) is 3.54. The van der Waals surface area contributed by atoms with Crippen LogP contribution >= 0.6 is 11.6 Å². The van der Waals surface area contributed by atoms with Gasteiger partial charge in [-0.2, -0.15) is 0 Å². The molecular weight excluding hydrogens is 298 g/mol.